The molecule has 0 saturated heterocycles. The maximum atomic E-state index is 5.54. The fraction of sp³-hybridized carbons (Fsp3) is 1.00. The van der Waals surface area contributed by atoms with Crippen molar-refractivity contribution >= 4 is 0 Å². The SMILES string of the molecule is CC(C)C(CCCN)CC(C)(C)C. The molecular formula is C12H27N. The molecule has 2 N–H and O–H groups in total. The Morgan fingerprint density at radius 3 is 2.00 bits per heavy atom. The average molecular weight is 185 g/mol. The van der Waals surface area contributed by atoms with Crippen LogP contribution >= 0.6 is 0 Å². The zero-order valence-corrected chi connectivity index (χ0v) is 10.1. The molecule has 0 amide bonds. The minimum atomic E-state index is 0.462. The molecule has 0 radical (unpaired) electrons. The van der Waals surface area contributed by atoms with Crippen LogP contribution in [-0.4, -0.2) is 6.54 Å². The topological polar surface area (TPSA) is 26.0 Å². The Bertz CT molecular complexity index is 122. The summed E-state index contributed by atoms with van der Waals surface area (Å²) in [5.41, 5.74) is 6.00. The number of nitrogens with two attached hydrogens (primary N) is 1. The number of rotatable bonds is 5. The molecule has 0 heterocycles. The maximum absolute atomic E-state index is 5.54. The largest absolute Gasteiger partial charge is 0.330 e. The third-order valence-electron chi connectivity index (χ3n) is 2.60. The third kappa shape index (κ3) is 7.06. The summed E-state index contributed by atoms with van der Waals surface area (Å²) in [6, 6.07) is 0. The lowest BCUT2D eigenvalue weighted by Crippen LogP contribution is -2.18. The fourth-order valence-electron chi connectivity index (χ4n) is 1.84. The minimum absolute atomic E-state index is 0.462. The Balaban J connectivity index is 3.95. The van der Waals surface area contributed by atoms with Crippen LogP contribution in [0.2, 0.25) is 0 Å². The molecule has 1 nitrogen and oxygen atoms in total. The highest BCUT2D eigenvalue weighted by atomic mass is 14.5. The van der Waals surface area contributed by atoms with E-state index in [1.807, 2.05) is 0 Å². The molecule has 13 heavy (non-hydrogen) atoms. The molecule has 0 bridgehead atoms. The minimum Gasteiger partial charge on any atom is -0.330 e. The molecule has 0 spiro atoms. The van der Waals surface area contributed by atoms with E-state index in [4.69, 9.17) is 5.73 Å². The Morgan fingerprint density at radius 2 is 1.69 bits per heavy atom. The Kier molecular flexibility index (Phi) is 5.62. The van der Waals surface area contributed by atoms with Gasteiger partial charge in [0.15, 0.2) is 0 Å². The van der Waals surface area contributed by atoms with E-state index in [2.05, 4.69) is 34.6 Å². The summed E-state index contributed by atoms with van der Waals surface area (Å²) in [6.45, 7) is 12.5. The van der Waals surface area contributed by atoms with E-state index < -0.39 is 0 Å². The molecule has 1 atom stereocenters. The van der Waals surface area contributed by atoms with E-state index in [-0.39, 0.29) is 0 Å². The predicted molar refractivity (Wildman–Crippen MR) is 60.7 cm³/mol. The zero-order chi connectivity index (χ0) is 10.5. The van der Waals surface area contributed by atoms with Crippen molar-refractivity contribution in [2.24, 2.45) is 23.0 Å². The highest BCUT2D eigenvalue weighted by molar-refractivity contribution is 4.71. The van der Waals surface area contributed by atoms with Gasteiger partial charge in [0.1, 0.15) is 0 Å². The van der Waals surface area contributed by atoms with E-state index in [0.29, 0.717) is 5.41 Å². The molecule has 0 saturated carbocycles. The molecule has 1 unspecified atom stereocenters. The smallest absolute Gasteiger partial charge is 0.00772 e. The van der Waals surface area contributed by atoms with Crippen molar-refractivity contribution in [3.8, 4) is 0 Å². The van der Waals surface area contributed by atoms with Crippen LogP contribution in [-0.2, 0) is 0 Å². The summed E-state index contributed by atoms with van der Waals surface area (Å²) >= 11 is 0. The second kappa shape index (κ2) is 5.64. The lowest BCUT2D eigenvalue weighted by molar-refractivity contribution is 0.228. The van der Waals surface area contributed by atoms with Crippen LogP contribution in [0.5, 0.6) is 0 Å². The van der Waals surface area contributed by atoms with Gasteiger partial charge in [-0.15, -0.1) is 0 Å². The van der Waals surface area contributed by atoms with Crippen molar-refractivity contribution in [3.63, 3.8) is 0 Å². The highest BCUT2D eigenvalue weighted by Crippen LogP contribution is 2.31. The molecular weight excluding hydrogens is 158 g/mol. The Morgan fingerprint density at radius 1 is 1.15 bits per heavy atom. The third-order valence-corrected chi connectivity index (χ3v) is 2.60. The van der Waals surface area contributed by atoms with Crippen molar-refractivity contribution in [2.75, 3.05) is 6.54 Å². The van der Waals surface area contributed by atoms with Crippen molar-refractivity contribution in [1.29, 1.82) is 0 Å². The first-order valence-electron chi connectivity index (χ1n) is 5.57. The summed E-state index contributed by atoms with van der Waals surface area (Å²) in [4.78, 5) is 0. The van der Waals surface area contributed by atoms with Crippen LogP contribution in [0.1, 0.15) is 53.9 Å². The molecule has 80 valence electrons. The molecule has 0 rings (SSSR count). The quantitative estimate of drug-likeness (QED) is 0.697. The second-order valence-corrected chi connectivity index (χ2v) is 5.70. The van der Waals surface area contributed by atoms with Crippen LogP contribution < -0.4 is 5.73 Å². The van der Waals surface area contributed by atoms with E-state index in [1.165, 1.54) is 19.3 Å². The van der Waals surface area contributed by atoms with Gasteiger partial charge >= 0.3 is 0 Å². The first-order valence-corrected chi connectivity index (χ1v) is 5.57. The molecule has 0 aliphatic heterocycles. The van der Waals surface area contributed by atoms with Gasteiger partial charge in [0.25, 0.3) is 0 Å². The molecule has 0 aliphatic carbocycles. The van der Waals surface area contributed by atoms with Crippen molar-refractivity contribution in [2.45, 2.75) is 53.9 Å². The standard InChI is InChI=1S/C12H27N/c1-10(2)11(7-6-8-13)9-12(3,4)5/h10-11H,6-9,13H2,1-5H3. The van der Waals surface area contributed by atoms with Gasteiger partial charge in [-0.1, -0.05) is 34.6 Å². The Hall–Kier alpha value is -0.0400. The van der Waals surface area contributed by atoms with Gasteiger partial charge in [0.05, 0.1) is 0 Å². The summed E-state index contributed by atoms with van der Waals surface area (Å²) in [5.74, 6) is 1.65. The molecule has 0 fully saturated rings. The van der Waals surface area contributed by atoms with E-state index in [0.717, 1.165) is 18.4 Å². The number of hydrogen-bond acceptors (Lipinski definition) is 1. The predicted octanol–water partition coefficient (Wildman–Crippen LogP) is 3.43. The summed E-state index contributed by atoms with van der Waals surface area (Å²) in [6.07, 6.45) is 3.80. The highest BCUT2D eigenvalue weighted by Gasteiger charge is 2.20. The molecule has 0 aromatic carbocycles. The van der Waals surface area contributed by atoms with Gasteiger partial charge < -0.3 is 5.73 Å². The molecule has 1 heteroatoms. The average Bonchev–Trinajstić information content (AvgIpc) is 1.95. The van der Waals surface area contributed by atoms with Crippen LogP contribution in [0.15, 0.2) is 0 Å². The lowest BCUT2D eigenvalue weighted by atomic mass is 9.77. The van der Waals surface area contributed by atoms with Gasteiger partial charge in [-0.3, -0.25) is 0 Å². The lowest BCUT2D eigenvalue weighted by Gasteiger charge is -2.28. The van der Waals surface area contributed by atoms with Gasteiger partial charge in [0.2, 0.25) is 0 Å². The number of hydrogen-bond donors (Lipinski definition) is 1. The van der Waals surface area contributed by atoms with Crippen molar-refractivity contribution in [1.82, 2.24) is 0 Å². The van der Waals surface area contributed by atoms with E-state index in [9.17, 15) is 0 Å². The maximum Gasteiger partial charge on any atom is -0.00772 e. The first-order chi connectivity index (χ1) is 5.87. The van der Waals surface area contributed by atoms with Gasteiger partial charge in [-0.25, -0.2) is 0 Å². The molecule has 0 aromatic heterocycles. The van der Waals surface area contributed by atoms with Crippen molar-refractivity contribution in [3.05, 3.63) is 0 Å². The Labute approximate surface area is 84.1 Å². The molecule has 0 aromatic rings. The summed E-state index contributed by atoms with van der Waals surface area (Å²) in [7, 11) is 0. The van der Waals surface area contributed by atoms with Crippen LogP contribution in [0.4, 0.5) is 0 Å². The van der Waals surface area contributed by atoms with Crippen LogP contribution in [0.25, 0.3) is 0 Å². The normalized spacial score (nSPS) is 15.0. The second-order valence-electron chi connectivity index (χ2n) is 5.70. The summed E-state index contributed by atoms with van der Waals surface area (Å²) in [5, 5.41) is 0. The summed E-state index contributed by atoms with van der Waals surface area (Å²) < 4.78 is 0. The fourth-order valence-corrected chi connectivity index (χ4v) is 1.84. The van der Waals surface area contributed by atoms with Crippen LogP contribution in [0.3, 0.4) is 0 Å². The van der Waals surface area contributed by atoms with Crippen molar-refractivity contribution < 1.29 is 0 Å². The van der Waals surface area contributed by atoms with Gasteiger partial charge in [-0.2, -0.15) is 0 Å². The van der Waals surface area contributed by atoms with Gasteiger partial charge in [-0.05, 0) is 43.1 Å². The molecule has 0 aliphatic rings. The van der Waals surface area contributed by atoms with Gasteiger partial charge in [0, 0.05) is 0 Å². The van der Waals surface area contributed by atoms with Crippen LogP contribution in [0, 0.1) is 17.3 Å². The van der Waals surface area contributed by atoms with E-state index in [1.54, 1.807) is 0 Å². The first kappa shape index (κ1) is 13.0. The van der Waals surface area contributed by atoms with E-state index >= 15 is 0 Å². The monoisotopic (exact) mass is 185 g/mol. The zero-order valence-electron chi connectivity index (χ0n) is 10.1.